The van der Waals surface area contributed by atoms with Crippen LogP contribution >= 0.6 is 0 Å². The van der Waals surface area contributed by atoms with Crippen LogP contribution in [-0.2, 0) is 20.8 Å². The summed E-state index contributed by atoms with van der Waals surface area (Å²) in [7, 11) is 3.02. The third kappa shape index (κ3) is 6.68. The molecular weight excluding hydrogens is 304 g/mol. The van der Waals surface area contributed by atoms with E-state index in [1.165, 1.54) is 14.2 Å². The fraction of sp³-hybridized carbons (Fsp3) is 0.400. The second kappa shape index (κ2) is 9.29. The average molecular weight is 324 g/mol. The van der Waals surface area contributed by atoms with Gasteiger partial charge in [-0.2, -0.15) is 0 Å². The molecule has 0 unspecified atom stereocenters. The van der Waals surface area contributed by atoms with Gasteiger partial charge in [0.1, 0.15) is 0 Å². The maximum absolute atomic E-state index is 11.8. The Morgan fingerprint density at radius 2 is 1.65 bits per heavy atom. The fourth-order valence-electron chi connectivity index (χ4n) is 1.82. The number of methoxy groups -OCH3 is 2. The highest BCUT2D eigenvalue weighted by molar-refractivity contribution is 5.83. The molecule has 0 radical (unpaired) electrons. The van der Waals surface area contributed by atoms with Crippen molar-refractivity contribution in [2.75, 3.05) is 14.2 Å². The molecule has 0 heterocycles. The SMILES string of the molecule is COc1ccc(CC(=O)NNC(=O)CCCC(=O)O)cc1OC. The summed E-state index contributed by atoms with van der Waals surface area (Å²) in [5.41, 5.74) is 5.21. The molecule has 0 aliphatic heterocycles. The smallest absolute Gasteiger partial charge is 0.303 e. The van der Waals surface area contributed by atoms with E-state index >= 15 is 0 Å². The zero-order valence-electron chi connectivity index (χ0n) is 13.0. The monoisotopic (exact) mass is 324 g/mol. The van der Waals surface area contributed by atoms with Crippen molar-refractivity contribution in [1.29, 1.82) is 0 Å². The van der Waals surface area contributed by atoms with Crippen molar-refractivity contribution in [2.24, 2.45) is 0 Å². The summed E-state index contributed by atoms with van der Waals surface area (Å²) < 4.78 is 10.3. The molecule has 0 atom stereocenters. The minimum Gasteiger partial charge on any atom is -0.493 e. The van der Waals surface area contributed by atoms with Crippen molar-refractivity contribution >= 4 is 17.8 Å². The molecule has 0 aliphatic carbocycles. The molecule has 0 fully saturated rings. The number of aliphatic carboxylic acids is 1. The Morgan fingerprint density at radius 3 is 2.26 bits per heavy atom. The molecule has 23 heavy (non-hydrogen) atoms. The predicted octanol–water partition coefficient (Wildman–Crippen LogP) is 0.649. The standard InChI is InChI=1S/C15H20N2O6/c1-22-11-7-6-10(8-12(11)23-2)9-14(19)17-16-13(18)4-3-5-15(20)21/h6-8H,3-5,9H2,1-2H3,(H,16,18)(H,17,19)(H,20,21). The van der Waals surface area contributed by atoms with Crippen LogP contribution in [0.15, 0.2) is 18.2 Å². The Morgan fingerprint density at radius 1 is 1.00 bits per heavy atom. The number of ether oxygens (including phenoxy) is 2. The molecule has 8 nitrogen and oxygen atoms in total. The maximum Gasteiger partial charge on any atom is 0.303 e. The molecule has 2 amide bonds. The summed E-state index contributed by atoms with van der Waals surface area (Å²) in [4.78, 5) is 33.5. The van der Waals surface area contributed by atoms with Crippen molar-refractivity contribution < 1.29 is 29.0 Å². The molecule has 0 spiro atoms. The number of carboxylic acid groups (broad SMARTS) is 1. The van der Waals surface area contributed by atoms with Gasteiger partial charge in [0.2, 0.25) is 11.8 Å². The van der Waals surface area contributed by atoms with Crippen LogP contribution in [0.25, 0.3) is 0 Å². The second-order valence-corrected chi connectivity index (χ2v) is 4.71. The van der Waals surface area contributed by atoms with Gasteiger partial charge in [-0.1, -0.05) is 6.07 Å². The molecule has 126 valence electrons. The molecule has 0 aliphatic rings. The third-order valence-electron chi connectivity index (χ3n) is 2.95. The number of amides is 2. The van der Waals surface area contributed by atoms with Crippen molar-refractivity contribution in [1.82, 2.24) is 10.9 Å². The zero-order chi connectivity index (χ0) is 17.2. The fourth-order valence-corrected chi connectivity index (χ4v) is 1.82. The molecular formula is C15H20N2O6. The van der Waals surface area contributed by atoms with Crippen LogP contribution in [0.4, 0.5) is 0 Å². The quantitative estimate of drug-likeness (QED) is 0.605. The van der Waals surface area contributed by atoms with Gasteiger partial charge in [-0.25, -0.2) is 0 Å². The van der Waals surface area contributed by atoms with Crippen LogP contribution in [0.5, 0.6) is 11.5 Å². The summed E-state index contributed by atoms with van der Waals surface area (Å²) in [5.74, 6) is -0.732. The minimum absolute atomic E-state index is 0.0307. The normalized spacial score (nSPS) is 9.83. The largest absolute Gasteiger partial charge is 0.493 e. The zero-order valence-corrected chi connectivity index (χ0v) is 13.0. The van der Waals surface area contributed by atoms with Crippen LogP contribution in [0.3, 0.4) is 0 Å². The maximum atomic E-state index is 11.8. The topological polar surface area (TPSA) is 114 Å². The number of hydrogen-bond donors (Lipinski definition) is 3. The summed E-state index contributed by atoms with van der Waals surface area (Å²) in [6.07, 6.45) is 0.207. The molecule has 0 aromatic heterocycles. The van der Waals surface area contributed by atoms with Gasteiger partial charge < -0.3 is 14.6 Å². The Bertz CT molecular complexity index is 573. The summed E-state index contributed by atoms with van der Waals surface area (Å²) in [6, 6.07) is 5.08. The Hall–Kier alpha value is -2.77. The van der Waals surface area contributed by atoms with E-state index in [1.807, 2.05) is 0 Å². The number of hydrazine groups is 1. The summed E-state index contributed by atoms with van der Waals surface area (Å²) >= 11 is 0. The molecule has 0 saturated heterocycles. The highest BCUT2D eigenvalue weighted by Crippen LogP contribution is 2.27. The number of carbonyl (C=O) groups is 3. The van der Waals surface area contributed by atoms with Gasteiger partial charge in [0, 0.05) is 12.8 Å². The molecule has 0 saturated carbocycles. The number of carboxylic acids is 1. The van der Waals surface area contributed by atoms with Crippen LogP contribution < -0.4 is 20.3 Å². The Kier molecular flexibility index (Phi) is 7.38. The van der Waals surface area contributed by atoms with E-state index in [0.29, 0.717) is 17.1 Å². The van der Waals surface area contributed by atoms with Crippen molar-refractivity contribution in [3.63, 3.8) is 0 Å². The van der Waals surface area contributed by atoms with E-state index in [4.69, 9.17) is 14.6 Å². The molecule has 1 aromatic carbocycles. The van der Waals surface area contributed by atoms with E-state index in [0.717, 1.165) is 0 Å². The first kappa shape index (κ1) is 18.3. The highest BCUT2D eigenvalue weighted by atomic mass is 16.5. The average Bonchev–Trinajstić information content (AvgIpc) is 2.52. The Labute approximate surface area is 133 Å². The van der Waals surface area contributed by atoms with E-state index < -0.39 is 17.8 Å². The van der Waals surface area contributed by atoms with Gasteiger partial charge >= 0.3 is 5.97 Å². The first-order valence-electron chi connectivity index (χ1n) is 6.96. The Balaban J connectivity index is 2.42. The van der Waals surface area contributed by atoms with Crippen LogP contribution in [-0.4, -0.2) is 37.1 Å². The van der Waals surface area contributed by atoms with Gasteiger partial charge in [-0.3, -0.25) is 25.2 Å². The van der Waals surface area contributed by atoms with Crippen molar-refractivity contribution in [3.8, 4) is 11.5 Å². The lowest BCUT2D eigenvalue weighted by molar-refractivity contribution is -0.137. The number of hydrogen-bond acceptors (Lipinski definition) is 5. The summed E-state index contributed by atoms with van der Waals surface area (Å²) in [6.45, 7) is 0. The lowest BCUT2D eigenvalue weighted by Crippen LogP contribution is -2.42. The number of benzene rings is 1. The van der Waals surface area contributed by atoms with Gasteiger partial charge in [-0.15, -0.1) is 0 Å². The molecule has 1 rings (SSSR count). The predicted molar refractivity (Wildman–Crippen MR) is 81.0 cm³/mol. The van der Waals surface area contributed by atoms with Gasteiger partial charge in [0.15, 0.2) is 11.5 Å². The lowest BCUT2D eigenvalue weighted by atomic mass is 10.1. The van der Waals surface area contributed by atoms with Crippen LogP contribution in [0.2, 0.25) is 0 Å². The minimum atomic E-state index is -0.963. The third-order valence-corrected chi connectivity index (χ3v) is 2.95. The lowest BCUT2D eigenvalue weighted by Gasteiger charge is -2.10. The van der Waals surface area contributed by atoms with E-state index in [2.05, 4.69) is 10.9 Å². The van der Waals surface area contributed by atoms with E-state index in [1.54, 1.807) is 18.2 Å². The second-order valence-electron chi connectivity index (χ2n) is 4.71. The van der Waals surface area contributed by atoms with E-state index in [9.17, 15) is 14.4 Å². The number of rotatable bonds is 8. The van der Waals surface area contributed by atoms with Crippen LogP contribution in [0, 0.1) is 0 Å². The van der Waals surface area contributed by atoms with Crippen LogP contribution in [0.1, 0.15) is 24.8 Å². The van der Waals surface area contributed by atoms with Crippen molar-refractivity contribution in [2.45, 2.75) is 25.7 Å². The number of nitrogens with one attached hydrogen (secondary N) is 2. The first-order valence-corrected chi connectivity index (χ1v) is 6.96. The molecule has 1 aromatic rings. The molecule has 8 heteroatoms. The molecule has 0 bridgehead atoms. The molecule has 3 N–H and O–H groups in total. The van der Waals surface area contributed by atoms with E-state index in [-0.39, 0.29) is 25.7 Å². The van der Waals surface area contributed by atoms with Crippen molar-refractivity contribution in [3.05, 3.63) is 23.8 Å². The summed E-state index contributed by atoms with van der Waals surface area (Å²) in [5, 5.41) is 8.47. The van der Waals surface area contributed by atoms with Gasteiger partial charge in [-0.05, 0) is 24.1 Å². The highest BCUT2D eigenvalue weighted by Gasteiger charge is 2.09. The first-order chi connectivity index (χ1) is 11.0. The van der Waals surface area contributed by atoms with Gasteiger partial charge in [0.05, 0.1) is 20.6 Å². The number of carbonyl (C=O) groups excluding carboxylic acids is 2. The van der Waals surface area contributed by atoms with Gasteiger partial charge in [0.25, 0.3) is 0 Å².